The molecular formula is C37H48N4O4. The first kappa shape index (κ1) is 35.1. The minimum atomic E-state index is -0.472. The molecular weight excluding hydrogens is 564 g/mol. The summed E-state index contributed by atoms with van der Waals surface area (Å²) in [5.41, 5.74) is 10.0. The number of nitrogens with two attached hydrogens (primary N) is 1. The molecule has 45 heavy (non-hydrogen) atoms. The SMILES string of the molecule is CC(C)(C)OC(=O)NCCc1ccc(OCCCc2ccncc2)cc1.NCCc1ccc(OCCCc2ccncc2)cc1. The van der Waals surface area contributed by atoms with Crippen LogP contribution in [-0.4, -0.2) is 48.0 Å². The number of ether oxygens (including phenoxy) is 3. The second kappa shape index (κ2) is 19.8. The van der Waals surface area contributed by atoms with E-state index in [-0.39, 0.29) is 6.09 Å². The number of hydrogen-bond donors (Lipinski definition) is 2. The molecule has 1 amide bonds. The Kier molecular flexibility index (Phi) is 15.4. The predicted molar refractivity (Wildman–Crippen MR) is 180 cm³/mol. The number of alkyl carbamates (subject to hydrolysis) is 1. The van der Waals surface area contributed by atoms with E-state index in [0.717, 1.165) is 62.2 Å². The minimum absolute atomic E-state index is 0.383. The maximum absolute atomic E-state index is 11.6. The van der Waals surface area contributed by atoms with Crippen LogP contribution in [0.2, 0.25) is 0 Å². The normalized spacial score (nSPS) is 10.8. The van der Waals surface area contributed by atoms with Gasteiger partial charge in [-0.2, -0.15) is 0 Å². The fourth-order valence-corrected chi connectivity index (χ4v) is 4.33. The lowest BCUT2D eigenvalue weighted by Crippen LogP contribution is -2.33. The highest BCUT2D eigenvalue weighted by molar-refractivity contribution is 5.67. The summed E-state index contributed by atoms with van der Waals surface area (Å²) >= 11 is 0. The number of aromatic nitrogens is 2. The Hall–Kier alpha value is -4.43. The molecule has 4 rings (SSSR count). The molecule has 0 atom stereocenters. The average Bonchev–Trinajstić information content (AvgIpc) is 3.03. The average molecular weight is 613 g/mol. The number of pyridine rings is 2. The van der Waals surface area contributed by atoms with Gasteiger partial charge < -0.3 is 25.3 Å². The van der Waals surface area contributed by atoms with Gasteiger partial charge in [0.05, 0.1) is 13.2 Å². The number of carbonyl (C=O) groups is 1. The molecule has 0 bridgehead atoms. The highest BCUT2D eigenvalue weighted by Crippen LogP contribution is 2.15. The molecule has 0 saturated carbocycles. The Bertz CT molecular complexity index is 1340. The molecule has 3 N–H and O–H groups in total. The first-order valence-corrected chi connectivity index (χ1v) is 15.7. The van der Waals surface area contributed by atoms with Crippen molar-refractivity contribution in [1.29, 1.82) is 0 Å². The van der Waals surface area contributed by atoms with Gasteiger partial charge in [-0.15, -0.1) is 0 Å². The van der Waals surface area contributed by atoms with Crippen molar-refractivity contribution in [3.8, 4) is 11.5 Å². The van der Waals surface area contributed by atoms with Crippen molar-refractivity contribution in [2.75, 3.05) is 26.3 Å². The highest BCUT2D eigenvalue weighted by Gasteiger charge is 2.15. The van der Waals surface area contributed by atoms with Crippen LogP contribution in [0.3, 0.4) is 0 Å². The topological polar surface area (TPSA) is 109 Å². The van der Waals surface area contributed by atoms with Crippen LogP contribution in [0.15, 0.2) is 97.6 Å². The first-order valence-electron chi connectivity index (χ1n) is 15.7. The second-order valence-electron chi connectivity index (χ2n) is 11.6. The van der Waals surface area contributed by atoms with E-state index in [1.807, 2.05) is 106 Å². The lowest BCUT2D eigenvalue weighted by atomic mass is 10.1. The molecule has 0 saturated heterocycles. The molecule has 0 unspecified atom stereocenters. The van der Waals surface area contributed by atoms with Crippen LogP contribution in [0, 0.1) is 0 Å². The van der Waals surface area contributed by atoms with Gasteiger partial charge >= 0.3 is 6.09 Å². The van der Waals surface area contributed by atoms with Crippen LogP contribution < -0.4 is 20.5 Å². The fourth-order valence-electron chi connectivity index (χ4n) is 4.33. The number of nitrogens with one attached hydrogen (secondary N) is 1. The third kappa shape index (κ3) is 15.7. The molecule has 2 aromatic heterocycles. The van der Waals surface area contributed by atoms with E-state index in [2.05, 4.69) is 27.4 Å². The zero-order valence-electron chi connectivity index (χ0n) is 26.9. The number of aryl methyl sites for hydroxylation is 2. The van der Waals surface area contributed by atoms with Gasteiger partial charge in [0.1, 0.15) is 17.1 Å². The number of hydrogen-bond acceptors (Lipinski definition) is 7. The quantitative estimate of drug-likeness (QED) is 0.143. The Balaban J connectivity index is 0.000000257. The highest BCUT2D eigenvalue weighted by atomic mass is 16.6. The van der Waals surface area contributed by atoms with Crippen LogP contribution in [-0.2, 0) is 30.4 Å². The molecule has 240 valence electrons. The molecule has 2 aromatic carbocycles. The number of amides is 1. The van der Waals surface area contributed by atoms with E-state index in [1.54, 1.807) is 0 Å². The standard InChI is InChI=1S/C21H28N2O3.C16H20N2O/c1-21(2,3)26-20(24)23-15-12-18-6-8-19(9-7-18)25-16-4-5-17-10-13-22-14-11-17;17-10-7-15-3-5-16(6-4-15)19-13-1-2-14-8-11-18-12-9-14/h6-11,13-14H,4-5,12,15-16H2,1-3H3,(H,23,24);3-6,8-9,11-12H,1-2,7,10,13,17H2. The summed E-state index contributed by atoms with van der Waals surface area (Å²) in [4.78, 5) is 19.6. The third-order valence-corrected chi connectivity index (χ3v) is 6.62. The van der Waals surface area contributed by atoms with Gasteiger partial charge in [0.2, 0.25) is 0 Å². The van der Waals surface area contributed by atoms with Crippen molar-refractivity contribution in [2.24, 2.45) is 5.73 Å². The van der Waals surface area contributed by atoms with E-state index < -0.39 is 5.60 Å². The first-order chi connectivity index (χ1) is 21.8. The van der Waals surface area contributed by atoms with E-state index in [4.69, 9.17) is 19.9 Å². The predicted octanol–water partition coefficient (Wildman–Crippen LogP) is 6.75. The van der Waals surface area contributed by atoms with Gasteiger partial charge in [0.15, 0.2) is 0 Å². The fraction of sp³-hybridized carbons (Fsp3) is 0.378. The van der Waals surface area contributed by atoms with Crippen molar-refractivity contribution in [1.82, 2.24) is 15.3 Å². The molecule has 4 aromatic rings. The van der Waals surface area contributed by atoms with Crippen LogP contribution in [0.4, 0.5) is 4.79 Å². The molecule has 0 aliphatic heterocycles. The van der Waals surface area contributed by atoms with E-state index in [0.29, 0.717) is 19.7 Å². The number of nitrogens with zero attached hydrogens (tertiary/aromatic N) is 2. The largest absolute Gasteiger partial charge is 0.494 e. The van der Waals surface area contributed by atoms with Crippen molar-refractivity contribution in [3.63, 3.8) is 0 Å². The summed E-state index contributed by atoms with van der Waals surface area (Å²) in [5.74, 6) is 1.79. The summed E-state index contributed by atoms with van der Waals surface area (Å²) < 4.78 is 16.7. The zero-order valence-corrected chi connectivity index (χ0v) is 26.9. The minimum Gasteiger partial charge on any atom is -0.494 e. The molecule has 0 aliphatic carbocycles. The third-order valence-electron chi connectivity index (χ3n) is 6.62. The van der Waals surface area contributed by atoms with Gasteiger partial charge in [-0.05, 0) is 137 Å². The lowest BCUT2D eigenvalue weighted by molar-refractivity contribution is 0.0528. The Morgan fingerprint density at radius 3 is 1.49 bits per heavy atom. The Morgan fingerprint density at radius 2 is 1.07 bits per heavy atom. The monoisotopic (exact) mass is 612 g/mol. The molecule has 0 fully saturated rings. The van der Waals surface area contributed by atoms with Crippen LogP contribution in [0.1, 0.15) is 55.9 Å². The van der Waals surface area contributed by atoms with Gasteiger partial charge in [-0.25, -0.2) is 4.79 Å². The summed E-state index contributed by atoms with van der Waals surface area (Å²) in [6.07, 6.45) is 12.5. The Morgan fingerprint density at radius 1 is 0.644 bits per heavy atom. The van der Waals surface area contributed by atoms with Crippen molar-refractivity contribution >= 4 is 6.09 Å². The van der Waals surface area contributed by atoms with Crippen molar-refractivity contribution in [3.05, 3.63) is 120 Å². The number of rotatable bonds is 15. The Labute approximate surface area is 268 Å². The number of carbonyl (C=O) groups excluding carboxylic acids is 1. The number of benzene rings is 2. The van der Waals surface area contributed by atoms with Crippen LogP contribution in [0.5, 0.6) is 11.5 Å². The van der Waals surface area contributed by atoms with Crippen LogP contribution in [0.25, 0.3) is 0 Å². The van der Waals surface area contributed by atoms with E-state index in [1.165, 1.54) is 16.7 Å². The summed E-state index contributed by atoms with van der Waals surface area (Å²) in [6, 6.07) is 24.3. The van der Waals surface area contributed by atoms with Gasteiger partial charge in [-0.1, -0.05) is 24.3 Å². The smallest absolute Gasteiger partial charge is 0.407 e. The molecule has 8 nitrogen and oxygen atoms in total. The van der Waals surface area contributed by atoms with Gasteiger partial charge in [0, 0.05) is 31.3 Å². The van der Waals surface area contributed by atoms with Crippen molar-refractivity contribution < 1.29 is 19.0 Å². The maximum atomic E-state index is 11.6. The zero-order chi connectivity index (χ0) is 32.2. The molecule has 0 radical (unpaired) electrons. The van der Waals surface area contributed by atoms with Gasteiger partial charge in [0.25, 0.3) is 0 Å². The summed E-state index contributed by atoms with van der Waals surface area (Å²) in [5, 5.41) is 2.76. The maximum Gasteiger partial charge on any atom is 0.407 e. The molecule has 0 aliphatic rings. The van der Waals surface area contributed by atoms with E-state index in [9.17, 15) is 4.79 Å². The van der Waals surface area contributed by atoms with Crippen LogP contribution >= 0.6 is 0 Å². The van der Waals surface area contributed by atoms with Crippen molar-refractivity contribution in [2.45, 2.75) is 64.9 Å². The lowest BCUT2D eigenvalue weighted by Gasteiger charge is -2.19. The molecule has 8 heteroatoms. The summed E-state index contributed by atoms with van der Waals surface area (Å²) in [6.45, 7) is 8.20. The van der Waals surface area contributed by atoms with Gasteiger partial charge in [-0.3, -0.25) is 9.97 Å². The van der Waals surface area contributed by atoms with E-state index >= 15 is 0 Å². The summed E-state index contributed by atoms with van der Waals surface area (Å²) in [7, 11) is 0. The molecule has 0 spiro atoms. The second-order valence-corrected chi connectivity index (χ2v) is 11.6. The molecule has 2 heterocycles.